The third kappa shape index (κ3) is 4.81. The molecule has 1 unspecified atom stereocenters. The van der Waals surface area contributed by atoms with Gasteiger partial charge in [-0.15, -0.1) is 12.4 Å². The van der Waals surface area contributed by atoms with E-state index in [4.69, 9.17) is 10.5 Å². The van der Waals surface area contributed by atoms with Gasteiger partial charge in [-0.05, 0) is 31.6 Å². The summed E-state index contributed by atoms with van der Waals surface area (Å²) in [5.41, 5.74) is 6.96. The Labute approximate surface area is 155 Å². The van der Waals surface area contributed by atoms with Crippen molar-refractivity contribution >= 4 is 24.1 Å². The molecule has 3 rings (SSSR count). The predicted molar refractivity (Wildman–Crippen MR) is 98.8 cm³/mol. The fraction of sp³-hybridized carbons (Fsp3) is 0.579. The molecule has 0 bridgehead atoms. The highest BCUT2D eigenvalue weighted by Crippen LogP contribution is 2.24. The minimum absolute atomic E-state index is 0. The van der Waals surface area contributed by atoms with Crippen LogP contribution in [0.1, 0.15) is 36.0 Å². The Morgan fingerprint density at radius 1 is 1.04 bits per heavy atom. The number of rotatable bonds is 4. The normalized spacial score (nSPS) is 20.6. The van der Waals surface area contributed by atoms with Crippen LogP contribution >= 0.6 is 12.4 Å². The zero-order chi connectivity index (χ0) is 16.9. The molecule has 1 amide bonds. The first-order chi connectivity index (χ1) is 11.7. The average Bonchev–Trinajstić information content (AvgIpc) is 2.68. The molecule has 0 radical (unpaired) electrons. The Hall–Kier alpha value is -1.43. The van der Waals surface area contributed by atoms with Gasteiger partial charge in [0.05, 0.1) is 6.04 Å². The number of carbonyl (C=O) groups is 2. The van der Waals surface area contributed by atoms with Gasteiger partial charge in [-0.3, -0.25) is 9.59 Å². The minimum atomic E-state index is -0.435. The Morgan fingerprint density at radius 3 is 2.24 bits per heavy atom. The number of hydrogen-bond donors (Lipinski definition) is 1. The smallest absolute Gasteiger partial charge is 0.239 e. The second-order valence-corrected chi connectivity index (χ2v) is 6.81. The first-order valence-corrected chi connectivity index (χ1v) is 8.88. The van der Waals surface area contributed by atoms with Crippen LogP contribution in [-0.4, -0.2) is 48.9 Å². The van der Waals surface area contributed by atoms with Crippen molar-refractivity contribution in [1.82, 2.24) is 4.90 Å². The Balaban J connectivity index is 0.00000225. The molecule has 1 aromatic carbocycles. The van der Waals surface area contributed by atoms with Crippen LogP contribution in [-0.2, 0) is 9.53 Å². The molecule has 2 saturated heterocycles. The lowest BCUT2D eigenvalue weighted by Crippen LogP contribution is -2.51. The molecule has 1 aromatic rings. The molecule has 6 heteroatoms. The van der Waals surface area contributed by atoms with Crippen molar-refractivity contribution in [2.45, 2.75) is 31.7 Å². The lowest BCUT2D eigenvalue weighted by molar-refractivity contribution is -0.136. The van der Waals surface area contributed by atoms with Crippen molar-refractivity contribution in [2.24, 2.45) is 17.6 Å². The molecule has 2 aliphatic rings. The van der Waals surface area contributed by atoms with E-state index in [2.05, 4.69) is 0 Å². The van der Waals surface area contributed by atoms with Gasteiger partial charge in [-0.2, -0.15) is 0 Å². The maximum Gasteiger partial charge on any atom is 0.239 e. The quantitative estimate of drug-likeness (QED) is 0.830. The highest BCUT2D eigenvalue weighted by atomic mass is 35.5. The van der Waals surface area contributed by atoms with Crippen LogP contribution < -0.4 is 5.73 Å². The molecule has 2 N–H and O–H groups in total. The molecule has 0 saturated carbocycles. The number of Topliss-reactive ketones (excluding diaryl/α,β-unsaturated/α-hetero) is 1. The number of hydrogen-bond acceptors (Lipinski definition) is 4. The third-order valence-electron chi connectivity index (χ3n) is 5.29. The number of ketones is 1. The SMILES string of the molecule is Cl.NC(C(=O)N1CCC(C(=O)c2ccccc2)CC1)C1CCOCC1. The van der Waals surface area contributed by atoms with Crippen molar-refractivity contribution in [3.8, 4) is 0 Å². The number of nitrogens with two attached hydrogens (primary N) is 1. The van der Waals surface area contributed by atoms with Crippen molar-refractivity contribution < 1.29 is 14.3 Å². The van der Waals surface area contributed by atoms with E-state index >= 15 is 0 Å². The fourth-order valence-corrected chi connectivity index (χ4v) is 3.69. The summed E-state index contributed by atoms with van der Waals surface area (Å²) in [5.74, 6) is 0.453. The first kappa shape index (κ1) is 19.9. The summed E-state index contributed by atoms with van der Waals surface area (Å²) in [6, 6.07) is 8.98. The average molecular weight is 367 g/mol. The number of benzene rings is 1. The Kier molecular flexibility index (Phi) is 7.41. The van der Waals surface area contributed by atoms with E-state index in [1.165, 1.54) is 0 Å². The van der Waals surface area contributed by atoms with Crippen LogP contribution in [0.5, 0.6) is 0 Å². The van der Waals surface area contributed by atoms with E-state index < -0.39 is 6.04 Å². The van der Waals surface area contributed by atoms with Gasteiger partial charge in [-0.25, -0.2) is 0 Å². The topological polar surface area (TPSA) is 72.6 Å². The molecule has 2 heterocycles. The predicted octanol–water partition coefficient (Wildman–Crippen LogP) is 2.28. The summed E-state index contributed by atoms with van der Waals surface area (Å²) in [5, 5.41) is 0. The standard InChI is InChI=1S/C19H26N2O3.ClH/c20-17(14-8-12-24-13-9-14)19(23)21-10-6-16(7-11-21)18(22)15-4-2-1-3-5-15;/h1-5,14,16-17H,6-13,20H2;1H. The molecule has 2 aliphatic heterocycles. The molecule has 2 fully saturated rings. The first-order valence-electron chi connectivity index (χ1n) is 8.88. The molecule has 0 aromatic heterocycles. The number of likely N-dealkylation sites (tertiary alicyclic amines) is 1. The van der Waals surface area contributed by atoms with E-state index in [1.807, 2.05) is 35.2 Å². The fourth-order valence-electron chi connectivity index (χ4n) is 3.69. The molecule has 5 nitrogen and oxygen atoms in total. The van der Waals surface area contributed by atoms with Crippen molar-refractivity contribution in [2.75, 3.05) is 26.3 Å². The maximum atomic E-state index is 12.6. The summed E-state index contributed by atoms with van der Waals surface area (Å²) >= 11 is 0. The van der Waals surface area contributed by atoms with E-state index in [0.717, 1.165) is 31.2 Å². The molecule has 138 valence electrons. The summed E-state index contributed by atoms with van der Waals surface area (Å²) < 4.78 is 5.34. The summed E-state index contributed by atoms with van der Waals surface area (Å²) in [6.45, 7) is 2.64. The molecular formula is C19H27ClN2O3. The Bertz CT molecular complexity index is 567. The highest BCUT2D eigenvalue weighted by molar-refractivity contribution is 5.98. The number of halogens is 1. The van der Waals surface area contributed by atoms with Crippen LogP contribution in [0.25, 0.3) is 0 Å². The van der Waals surface area contributed by atoms with Gasteiger partial charge in [0.15, 0.2) is 5.78 Å². The zero-order valence-corrected chi connectivity index (χ0v) is 15.2. The van der Waals surface area contributed by atoms with Crippen molar-refractivity contribution in [1.29, 1.82) is 0 Å². The van der Waals surface area contributed by atoms with Gasteiger partial charge in [0.2, 0.25) is 5.91 Å². The third-order valence-corrected chi connectivity index (χ3v) is 5.29. The van der Waals surface area contributed by atoms with Gasteiger partial charge in [-0.1, -0.05) is 30.3 Å². The lowest BCUT2D eigenvalue weighted by atomic mass is 9.87. The van der Waals surface area contributed by atoms with Crippen molar-refractivity contribution in [3.05, 3.63) is 35.9 Å². The summed E-state index contributed by atoms with van der Waals surface area (Å²) in [4.78, 5) is 27.0. The molecule has 0 aliphatic carbocycles. The minimum Gasteiger partial charge on any atom is -0.381 e. The zero-order valence-electron chi connectivity index (χ0n) is 14.4. The van der Waals surface area contributed by atoms with E-state index in [9.17, 15) is 9.59 Å². The molecular weight excluding hydrogens is 340 g/mol. The van der Waals surface area contributed by atoms with Gasteiger partial charge in [0, 0.05) is 37.8 Å². The van der Waals surface area contributed by atoms with Crippen LogP contribution in [0, 0.1) is 11.8 Å². The number of ether oxygens (including phenoxy) is 1. The second-order valence-electron chi connectivity index (χ2n) is 6.81. The van der Waals surface area contributed by atoms with Gasteiger partial charge < -0.3 is 15.4 Å². The van der Waals surface area contributed by atoms with E-state index in [0.29, 0.717) is 26.3 Å². The summed E-state index contributed by atoms with van der Waals surface area (Å²) in [6.07, 6.45) is 3.16. The van der Waals surface area contributed by atoms with Crippen LogP contribution in [0.15, 0.2) is 30.3 Å². The highest BCUT2D eigenvalue weighted by Gasteiger charge is 2.33. The number of piperidine rings is 1. The van der Waals surface area contributed by atoms with E-state index in [1.54, 1.807) is 0 Å². The number of carbonyl (C=O) groups excluding carboxylic acids is 2. The molecule has 25 heavy (non-hydrogen) atoms. The largest absolute Gasteiger partial charge is 0.381 e. The maximum absolute atomic E-state index is 12.6. The van der Waals surface area contributed by atoms with Crippen LogP contribution in [0.2, 0.25) is 0 Å². The van der Waals surface area contributed by atoms with E-state index in [-0.39, 0.29) is 35.9 Å². The molecule has 0 spiro atoms. The van der Waals surface area contributed by atoms with Gasteiger partial charge in [0.25, 0.3) is 0 Å². The number of amides is 1. The Morgan fingerprint density at radius 2 is 1.64 bits per heavy atom. The van der Waals surface area contributed by atoms with Gasteiger partial charge >= 0.3 is 0 Å². The lowest BCUT2D eigenvalue weighted by Gasteiger charge is -2.35. The monoisotopic (exact) mass is 366 g/mol. The van der Waals surface area contributed by atoms with Gasteiger partial charge in [0.1, 0.15) is 0 Å². The molecule has 1 atom stereocenters. The van der Waals surface area contributed by atoms with Crippen LogP contribution in [0.3, 0.4) is 0 Å². The van der Waals surface area contributed by atoms with Crippen molar-refractivity contribution in [3.63, 3.8) is 0 Å². The summed E-state index contributed by atoms with van der Waals surface area (Å²) in [7, 11) is 0. The second kappa shape index (κ2) is 9.32. The number of nitrogens with zero attached hydrogens (tertiary/aromatic N) is 1. The van der Waals surface area contributed by atoms with Crippen LogP contribution in [0.4, 0.5) is 0 Å².